The van der Waals surface area contributed by atoms with Crippen molar-refractivity contribution in [2.24, 2.45) is 0 Å². The smallest absolute Gasteiger partial charge is 0.0471 e. The standard InChI is InChI=1S/C18H14Cl2N2/c1-10(15-8-21-17-6-11(19)2-4-13(15)17)16-9-22-18-7-12(20)3-5-14(16)18/h2-10,21-22H,1H3. The lowest BCUT2D eigenvalue weighted by molar-refractivity contribution is 0.942. The molecule has 0 amide bonds. The molecule has 2 nitrogen and oxygen atoms in total. The summed E-state index contributed by atoms with van der Waals surface area (Å²) in [4.78, 5) is 6.63. The van der Waals surface area contributed by atoms with Crippen molar-refractivity contribution in [3.05, 3.63) is 70.0 Å². The van der Waals surface area contributed by atoms with Crippen LogP contribution >= 0.6 is 23.2 Å². The van der Waals surface area contributed by atoms with E-state index in [2.05, 4.69) is 41.4 Å². The van der Waals surface area contributed by atoms with Crippen molar-refractivity contribution < 1.29 is 0 Å². The summed E-state index contributed by atoms with van der Waals surface area (Å²) in [6.45, 7) is 2.22. The highest BCUT2D eigenvalue weighted by Crippen LogP contribution is 2.35. The molecule has 0 saturated heterocycles. The molecule has 0 bridgehead atoms. The Kier molecular flexibility index (Phi) is 3.17. The number of aromatic amines is 2. The van der Waals surface area contributed by atoms with Gasteiger partial charge in [0.1, 0.15) is 0 Å². The summed E-state index contributed by atoms with van der Waals surface area (Å²) in [5.41, 5.74) is 4.67. The Morgan fingerprint density at radius 1 is 0.773 bits per heavy atom. The van der Waals surface area contributed by atoms with Crippen LogP contribution in [0.4, 0.5) is 0 Å². The summed E-state index contributed by atoms with van der Waals surface area (Å²) in [6, 6.07) is 11.9. The molecular formula is C18H14Cl2N2. The molecule has 22 heavy (non-hydrogen) atoms. The molecular weight excluding hydrogens is 315 g/mol. The zero-order valence-electron chi connectivity index (χ0n) is 12.0. The highest BCUT2D eigenvalue weighted by Gasteiger charge is 2.17. The third-order valence-electron chi connectivity index (χ3n) is 4.28. The third kappa shape index (κ3) is 2.11. The summed E-state index contributed by atoms with van der Waals surface area (Å²) in [7, 11) is 0. The van der Waals surface area contributed by atoms with E-state index >= 15 is 0 Å². The van der Waals surface area contributed by atoms with Gasteiger partial charge in [0.2, 0.25) is 0 Å². The lowest BCUT2D eigenvalue weighted by Gasteiger charge is -2.10. The number of hydrogen-bond donors (Lipinski definition) is 2. The van der Waals surface area contributed by atoms with E-state index < -0.39 is 0 Å². The fraction of sp³-hybridized carbons (Fsp3) is 0.111. The summed E-state index contributed by atoms with van der Waals surface area (Å²) in [6.07, 6.45) is 4.14. The van der Waals surface area contributed by atoms with Gasteiger partial charge in [-0.1, -0.05) is 42.3 Å². The third-order valence-corrected chi connectivity index (χ3v) is 4.75. The molecule has 2 N–H and O–H groups in total. The van der Waals surface area contributed by atoms with Crippen molar-refractivity contribution in [1.82, 2.24) is 9.97 Å². The van der Waals surface area contributed by atoms with Crippen LogP contribution in [0.1, 0.15) is 24.0 Å². The van der Waals surface area contributed by atoms with Crippen molar-refractivity contribution in [3.63, 3.8) is 0 Å². The first-order chi connectivity index (χ1) is 10.6. The van der Waals surface area contributed by atoms with Crippen LogP contribution in [0.15, 0.2) is 48.8 Å². The number of hydrogen-bond acceptors (Lipinski definition) is 0. The monoisotopic (exact) mass is 328 g/mol. The largest absolute Gasteiger partial charge is 0.361 e. The first kappa shape index (κ1) is 13.7. The van der Waals surface area contributed by atoms with Crippen LogP contribution in [-0.2, 0) is 0 Å². The highest BCUT2D eigenvalue weighted by atomic mass is 35.5. The lowest BCUT2D eigenvalue weighted by Crippen LogP contribution is -1.93. The molecule has 2 heterocycles. The molecule has 2 aromatic carbocycles. The van der Waals surface area contributed by atoms with Crippen LogP contribution in [0, 0.1) is 0 Å². The van der Waals surface area contributed by atoms with Gasteiger partial charge in [0.15, 0.2) is 0 Å². The average Bonchev–Trinajstić information content (AvgIpc) is 3.09. The fourth-order valence-corrected chi connectivity index (χ4v) is 3.47. The van der Waals surface area contributed by atoms with Crippen molar-refractivity contribution in [2.45, 2.75) is 12.8 Å². The Bertz CT molecular complexity index is 901. The van der Waals surface area contributed by atoms with Gasteiger partial charge in [-0.2, -0.15) is 0 Å². The van der Waals surface area contributed by atoms with Crippen molar-refractivity contribution in [1.29, 1.82) is 0 Å². The van der Waals surface area contributed by atoms with Gasteiger partial charge in [-0.25, -0.2) is 0 Å². The van der Waals surface area contributed by atoms with Gasteiger partial charge in [0.05, 0.1) is 0 Å². The van der Waals surface area contributed by atoms with Crippen LogP contribution in [0.3, 0.4) is 0 Å². The van der Waals surface area contributed by atoms with E-state index in [1.54, 1.807) is 0 Å². The number of benzene rings is 2. The maximum Gasteiger partial charge on any atom is 0.0471 e. The Morgan fingerprint density at radius 3 is 1.68 bits per heavy atom. The Balaban J connectivity index is 1.86. The molecule has 0 radical (unpaired) electrons. The van der Waals surface area contributed by atoms with Crippen LogP contribution in [0.2, 0.25) is 10.0 Å². The van der Waals surface area contributed by atoms with Crippen LogP contribution < -0.4 is 0 Å². The minimum absolute atomic E-state index is 0.268. The lowest BCUT2D eigenvalue weighted by atomic mass is 9.92. The van der Waals surface area contributed by atoms with E-state index in [0.29, 0.717) is 0 Å². The second-order valence-electron chi connectivity index (χ2n) is 5.59. The van der Waals surface area contributed by atoms with E-state index in [-0.39, 0.29) is 5.92 Å². The summed E-state index contributed by atoms with van der Waals surface area (Å²) < 4.78 is 0. The second-order valence-corrected chi connectivity index (χ2v) is 6.46. The molecule has 4 rings (SSSR count). The zero-order valence-corrected chi connectivity index (χ0v) is 13.5. The van der Waals surface area contributed by atoms with Crippen LogP contribution in [-0.4, -0.2) is 9.97 Å². The number of aromatic nitrogens is 2. The minimum atomic E-state index is 0.268. The van der Waals surface area contributed by atoms with Gasteiger partial charge in [-0.05, 0) is 35.4 Å². The van der Waals surface area contributed by atoms with Crippen LogP contribution in [0.25, 0.3) is 21.8 Å². The molecule has 0 fully saturated rings. The number of halogens is 2. The summed E-state index contributed by atoms with van der Waals surface area (Å²) in [5, 5.41) is 3.91. The van der Waals surface area contributed by atoms with Crippen LogP contribution in [0.5, 0.6) is 0 Å². The van der Waals surface area contributed by atoms with Crippen molar-refractivity contribution in [3.8, 4) is 0 Å². The first-order valence-corrected chi connectivity index (χ1v) is 7.92. The fourth-order valence-electron chi connectivity index (χ4n) is 3.13. The summed E-state index contributed by atoms with van der Waals surface area (Å²) >= 11 is 12.1. The Labute approximate surface area is 138 Å². The quantitative estimate of drug-likeness (QED) is 0.445. The maximum atomic E-state index is 6.06. The van der Waals surface area contributed by atoms with Crippen molar-refractivity contribution in [2.75, 3.05) is 0 Å². The van der Waals surface area contributed by atoms with E-state index in [1.807, 2.05) is 24.3 Å². The van der Waals surface area contributed by atoms with Gasteiger partial charge < -0.3 is 9.97 Å². The minimum Gasteiger partial charge on any atom is -0.361 e. The molecule has 0 aliphatic heterocycles. The molecule has 0 spiro atoms. The predicted molar refractivity (Wildman–Crippen MR) is 94.1 cm³/mol. The van der Waals surface area contributed by atoms with E-state index in [1.165, 1.54) is 21.9 Å². The van der Waals surface area contributed by atoms with E-state index in [0.717, 1.165) is 21.1 Å². The number of nitrogens with one attached hydrogen (secondary N) is 2. The topological polar surface area (TPSA) is 31.6 Å². The molecule has 4 heteroatoms. The molecule has 0 aliphatic rings. The Hall–Kier alpha value is -1.90. The predicted octanol–water partition coefficient (Wildman–Crippen LogP) is 6.11. The Morgan fingerprint density at radius 2 is 1.23 bits per heavy atom. The number of fused-ring (bicyclic) bond motifs is 2. The molecule has 0 atom stereocenters. The van der Waals surface area contributed by atoms with Gasteiger partial charge in [0.25, 0.3) is 0 Å². The number of H-pyrrole nitrogens is 2. The van der Waals surface area contributed by atoms with Gasteiger partial charge in [-0.15, -0.1) is 0 Å². The van der Waals surface area contributed by atoms with Gasteiger partial charge in [0, 0.05) is 50.2 Å². The highest BCUT2D eigenvalue weighted by molar-refractivity contribution is 6.31. The summed E-state index contributed by atoms with van der Waals surface area (Å²) in [5.74, 6) is 0.268. The van der Waals surface area contributed by atoms with E-state index in [4.69, 9.17) is 23.2 Å². The van der Waals surface area contributed by atoms with Gasteiger partial charge >= 0.3 is 0 Å². The molecule has 4 aromatic rings. The van der Waals surface area contributed by atoms with Crippen molar-refractivity contribution >= 4 is 45.0 Å². The average molecular weight is 329 g/mol. The molecule has 0 aliphatic carbocycles. The maximum absolute atomic E-state index is 6.06. The SMILES string of the molecule is CC(c1c[nH]c2cc(Cl)ccc12)c1c[nH]c2cc(Cl)ccc12. The molecule has 0 unspecified atom stereocenters. The molecule has 2 aromatic heterocycles. The number of rotatable bonds is 2. The second kappa shape index (κ2) is 5.08. The molecule has 110 valence electrons. The first-order valence-electron chi connectivity index (χ1n) is 7.16. The normalized spacial score (nSPS) is 11.8. The zero-order chi connectivity index (χ0) is 15.3. The van der Waals surface area contributed by atoms with E-state index in [9.17, 15) is 0 Å². The molecule has 0 saturated carbocycles. The van der Waals surface area contributed by atoms with Gasteiger partial charge in [-0.3, -0.25) is 0 Å².